The molecule has 0 unspecified atom stereocenters. The smallest absolute Gasteiger partial charge is 0.124 e. The number of hydrogen-bond donors (Lipinski definition) is 0. The molecule has 3 heteroatoms. The molecular weight excluding hydrogens is 306 g/mol. The molecule has 22 heavy (non-hydrogen) atoms. The van der Waals surface area contributed by atoms with Gasteiger partial charge in [0, 0.05) is 21.4 Å². The van der Waals surface area contributed by atoms with Gasteiger partial charge in [-0.3, -0.25) is 0 Å². The fourth-order valence-electron chi connectivity index (χ4n) is 2.47. The Kier molecular flexibility index (Phi) is 5.81. The quantitative estimate of drug-likeness (QED) is 0.472. The number of benzene rings is 1. The zero-order valence-corrected chi connectivity index (χ0v) is 15.1. The van der Waals surface area contributed by atoms with E-state index < -0.39 is 0 Å². The van der Waals surface area contributed by atoms with Crippen molar-refractivity contribution in [1.29, 1.82) is 0 Å². The topological polar surface area (TPSA) is 12.9 Å². The van der Waals surface area contributed by atoms with Crippen molar-refractivity contribution in [3.8, 4) is 11.3 Å². The third-order valence-electron chi connectivity index (χ3n) is 3.39. The first-order valence-electron chi connectivity index (χ1n) is 7.17. The molecule has 0 aliphatic rings. The van der Waals surface area contributed by atoms with Gasteiger partial charge >= 0.3 is 0 Å². The van der Waals surface area contributed by atoms with E-state index in [1.54, 1.807) is 29.2 Å². The lowest BCUT2D eigenvalue weighted by molar-refractivity contribution is 1.26. The summed E-state index contributed by atoms with van der Waals surface area (Å²) in [5, 5.41) is 3.17. The van der Waals surface area contributed by atoms with Crippen molar-refractivity contribution in [3.05, 3.63) is 64.5 Å². The van der Waals surface area contributed by atoms with E-state index in [9.17, 15) is 0 Å². The van der Waals surface area contributed by atoms with Crippen molar-refractivity contribution in [1.82, 2.24) is 4.98 Å². The van der Waals surface area contributed by atoms with Crippen molar-refractivity contribution in [3.63, 3.8) is 0 Å². The highest BCUT2D eigenvalue weighted by Crippen LogP contribution is 2.33. The SMILES string of the molecule is C=C/C=C(\C=C/C)c1nc(-c2c(C)cc(SC)cc2C)cs1. The minimum Gasteiger partial charge on any atom is -0.236 e. The number of rotatable bonds is 5. The summed E-state index contributed by atoms with van der Waals surface area (Å²) in [7, 11) is 0. The second kappa shape index (κ2) is 7.61. The molecule has 0 N–H and O–H groups in total. The van der Waals surface area contributed by atoms with Crippen LogP contribution in [-0.4, -0.2) is 11.2 Å². The molecule has 114 valence electrons. The Labute approximate surface area is 141 Å². The molecule has 0 saturated heterocycles. The van der Waals surface area contributed by atoms with Crippen LogP contribution in [0.15, 0.2) is 53.3 Å². The van der Waals surface area contributed by atoms with Crippen molar-refractivity contribution >= 4 is 28.7 Å². The van der Waals surface area contributed by atoms with Crippen molar-refractivity contribution in [2.45, 2.75) is 25.7 Å². The van der Waals surface area contributed by atoms with E-state index in [2.05, 4.69) is 50.3 Å². The van der Waals surface area contributed by atoms with Crippen LogP contribution in [-0.2, 0) is 0 Å². The molecule has 0 saturated carbocycles. The van der Waals surface area contributed by atoms with Crippen molar-refractivity contribution in [2.75, 3.05) is 6.26 Å². The zero-order valence-electron chi connectivity index (χ0n) is 13.5. The third-order valence-corrected chi connectivity index (χ3v) is 4.99. The normalized spacial score (nSPS) is 12.1. The van der Waals surface area contributed by atoms with E-state index in [1.807, 2.05) is 19.1 Å². The molecule has 1 heterocycles. The number of allylic oxidation sites excluding steroid dienone is 5. The number of nitrogens with zero attached hydrogens (tertiary/aromatic N) is 1. The lowest BCUT2D eigenvalue weighted by atomic mass is 10.0. The van der Waals surface area contributed by atoms with Crippen LogP contribution in [0.1, 0.15) is 23.1 Å². The monoisotopic (exact) mass is 327 g/mol. The molecule has 1 aromatic heterocycles. The second-order valence-electron chi connectivity index (χ2n) is 5.03. The van der Waals surface area contributed by atoms with Gasteiger partial charge in [0.1, 0.15) is 5.01 Å². The molecule has 0 radical (unpaired) electrons. The highest BCUT2D eigenvalue weighted by molar-refractivity contribution is 7.98. The number of thioether (sulfide) groups is 1. The fourth-order valence-corrected chi connectivity index (χ4v) is 3.88. The Morgan fingerprint density at radius 3 is 2.50 bits per heavy atom. The van der Waals surface area contributed by atoms with Crippen molar-refractivity contribution < 1.29 is 0 Å². The second-order valence-corrected chi connectivity index (χ2v) is 6.77. The minimum atomic E-state index is 1.03. The molecule has 2 aromatic rings. The van der Waals surface area contributed by atoms with Crippen LogP contribution in [0.3, 0.4) is 0 Å². The zero-order chi connectivity index (χ0) is 16.1. The Morgan fingerprint density at radius 2 is 1.95 bits per heavy atom. The molecule has 0 atom stereocenters. The van der Waals surface area contributed by atoms with E-state index in [1.165, 1.54) is 21.6 Å². The lowest BCUT2D eigenvalue weighted by Gasteiger charge is -2.09. The van der Waals surface area contributed by atoms with Gasteiger partial charge < -0.3 is 0 Å². The Bertz CT molecular complexity index is 713. The van der Waals surface area contributed by atoms with E-state index in [-0.39, 0.29) is 0 Å². The summed E-state index contributed by atoms with van der Waals surface area (Å²) in [5.74, 6) is 0. The van der Waals surface area contributed by atoms with Gasteiger partial charge in [-0.15, -0.1) is 23.1 Å². The first-order valence-corrected chi connectivity index (χ1v) is 9.28. The largest absolute Gasteiger partial charge is 0.236 e. The summed E-state index contributed by atoms with van der Waals surface area (Å²) < 4.78 is 0. The molecule has 0 aliphatic heterocycles. The van der Waals surface area contributed by atoms with Crippen molar-refractivity contribution in [2.24, 2.45) is 0 Å². The summed E-state index contributed by atoms with van der Waals surface area (Å²) >= 11 is 3.45. The van der Waals surface area contributed by atoms with E-state index >= 15 is 0 Å². The number of aromatic nitrogens is 1. The van der Waals surface area contributed by atoms with E-state index in [0.717, 1.165) is 16.3 Å². The number of thiazole rings is 1. The molecule has 1 nitrogen and oxygen atoms in total. The molecule has 0 fully saturated rings. The average molecular weight is 328 g/mol. The van der Waals surface area contributed by atoms with Gasteiger partial charge in [-0.25, -0.2) is 4.98 Å². The number of hydrogen-bond acceptors (Lipinski definition) is 3. The fraction of sp³-hybridized carbons (Fsp3) is 0.211. The van der Waals surface area contributed by atoms with Crippen LogP contribution in [0.25, 0.3) is 16.8 Å². The van der Waals surface area contributed by atoms with Gasteiger partial charge in [0.25, 0.3) is 0 Å². The predicted octanol–water partition coefficient (Wildman–Crippen LogP) is 6.29. The highest BCUT2D eigenvalue weighted by atomic mass is 32.2. The first kappa shape index (κ1) is 16.8. The maximum Gasteiger partial charge on any atom is 0.124 e. The van der Waals surface area contributed by atoms with Crippen LogP contribution in [0, 0.1) is 13.8 Å². The highest BCUT2D eigenvalue weighted by Gasteiger charge is 2.12. The van der Waals surface area contributed by atoms with Gasteiger partial charge in [-0.2, -0.15) is 0 Å². The minimum absolute atomic E-state index is 1.03. The molecule has 0 spiro atoms. The standard InChI is InChI=1S/C19H21NS2/c1-6-8-15(9-7-2)19-20-17(12-22-19)18-13(3)10-16(21-5)11-14(18)4/h6-12H,1H2,2-5H3/b9-7-,15-8+. The predicted molar refractivity (Wildman–Crippen MR) is 102 cm³/mol. The van der Waals surface area contributed by atoms with Gasteiger partial charge in [0.2, 0.25) is 0 Å². The van der Waals surface area contributed by atoms with Gasteiger partial charge in [-0.1, -0.05) is 30.9 Å². The van der Waals surface area contributed by atoms with Crippen LogP contribution >= 0.6 is 23.1 Å². The lowest BCUT2D eigenvalue weighted by Crippen LogP contribution is -1.90. The van der Waals surface area contributed by atoms with E-state index in [0.29, 0.717) is 0 Å². The van der Waals surface area contributed by atoms with Gasteiger partial charge in [0.05, 0.1) is 5.69 Å². The summed E-state index contributed by atoms with van der Waals surface area (Å²) in [4.78, 5) is 6.14. The Balaban J connectivity index is 2.48. The first-order chi connectivity index (χ1) is 10.6. The Hall–Kier alpha value is -1.58. The molecular formula is C19H21NS2. The van der Waals surface area contributed by atoms with Crippen LogP contribution in [0.5, 0.6) is 0 Å². The van der Waals surface area contributed by atoms with E-state index in [4.69, 9.17) is 4.98 Å². The van der Waals surface area contributed by atoms with Gasteiger partial charge in [-0.05, 0) is 50.3 Å². The maximum absolute atomic E-state index is 4.84. The van der Waals surface area contributed by atoms with Gasteiger partial charge in [0.15, 0.2) is 0 Å². The maximum atomic E-state index is 4.84. The summed E-state index contributed by atoms with van der Waals surface area (Å²) in [6.45, 7) is 10.1. The van der Waals surface area contributed by atoms with Crippen LogP contribution in [0.4, 0.5) is 0 Å². The molecule has 1 aromatic carbocycles. The molecule has 0 aliphatic carbocycles. The Morgan fingerprint density at radius 1 is 1.27 bits per heavy atom. The molecule has 0 amide bonds. The molecule has 0 bridgehead atoms. The summed E-state index contributed by atoms with van der Waals surface area (Å²) in [5.41, 5.74) is 5.97. The van der Waals surface area contributed by atoms with Crippen LogP contribution < -0.4 is 0 Å². The number of aryl methyl sites for hydroxylation is 2. The average Bonchev–Trinajstić information content (AvgIpc) is 2.95. The third kappa shape index (κ3) is 3.60. The van der Waals surface area contributed by atoms with Crippen LogP contribution in [0.2, 0.25) is 0 Å². The summed E-state index contributed by atoms with van der Waals surface area (Å²) in [6, 6.07) is 4.47. The molecule has 2 rings (SSSR count). The summed E-state index contributed by atoms with van der Waals surface area (Å²) in [6.07, 6.45) is 10.0.